The Hall–Kier alpha value is -2.07. The first-order valence-corrected chi connectivity index (χ1v) is 5.89. The van der Waals surface area contributed by atoms with E-state index in [0.29, 0.717) is 13.1 Å². The van der Waals surface area contributed by atoms with Gasteiger partial charge in [-0.2, -0.15) is 0 Å². The van der Waals surface area contributed by atoms with Gasteiger partial charge in [0.05, 0.1) is 0 Å². The van der Waals surface area contributed by atoms with E-state index in [0.717, 1.165) is 16.8 Å². The lowest BCUT2D eigenvalue weighted by molar-refractivity contribution is -0.116. The number of nitrogens with one attached hydrogen (secondary N) is 1. The summed E-state index contributed by atoms with van der Waals surface area (Å²) < 4.78 is 1.83. The Morgan fingerprint density at radius 2 is 2.11 bits per heavy atom. The number of para-hydroxylation sites is 1. The van der Waals surface area contributed by atoms with E-state index in [4.69, 9.17) is 5.73 Å². The Balaban J connectivity index is 1.99. The number of aromatic nitrogens is 1. The molecule has 0 bridgehead atoms. The summed E-state index contributed by atoms with van der Waals surface area (Å²) in [6, 6.07) is 9.64. The summed E-state index contributed by atoms with van der Waals surface area (Å²) in [5, 5.41) is 2.89. The number of amides is 1. The SMILES string of the molecule is Cc1ccccc1NC(=O)Cn1ccc(CN)c1. The molecule has 2 rings (SSSR count). The topological polar surface area (TPSA) is 60.0 Å². The molecule has 2 aromatic rings. The first-order valence-electron chi connectivity index (χ1n) is 5.89. The van der Waals surface area contributed by atoms with Crippen molar-refractivity contribution in [3.8, 4) is 0 Å². The number of anilines is 1. The third-order valence-corrected chi connectivity index (χ3v) is 2.79. The summed E-state index contributed by atoms with van der Waals surface area (Å²) >= 11 is 0. The molecule has 18 heavy (non-hydrogen) atoms. The van der Waals surface area contributed by atoms with E-state index in [9.17, 15) is 4.79 Å². The van der Waals surface area contributed by atoms with Crippen LogP contribution in [0.4, 0.5) is 5.69 Å². The molecular formula is C14H17N3O. The lowest BCUT2D eigenvalue weighted by atomic mass is 10.2. The molecule has 94 valence electrons. The van der Waals surface area contributed by atoms with Crippen LogP contribution in [0.25, 0.3) is 0 Å². The van der Waals surface area contributed by atoms with Gasteiger partial charge < -0.3 is 15.6 Å². The number of nitrogens with two attached hydrogens (primary N) is 1. The smallest absolute Gasteiger partial charge is 0.244 e. The molecule has 1 amide bonds. The van der Waals surface area contributed by atoms with Gasteiger partial charge in [0.15, 0.2) is 0 Å². The highest BCUT2D eigenvalue weighted by Crippen LogP contribution is 2.13. The van der Waals surface area contributed by atoms with E-state index in [2.05, 4.69) is 5.32 Å². The van der Waals surface area contributed by atoms with Crippen LogP contribution in [0.2, 0.25) is 0 Å². The molecule has 0 saturated carbocycles. The van der Waals surface area contributed by atoms with Crippen LogP contribution in [0.15, 0.2) is 42.7 Å². The average Bonchev–Trinajstić information content (AvgIpc) is 2.80. The van der Waals surface area contributed by atoms with E-state index in [1.54, 1.807) is 0 Å². The number of hydrogen-bond donors (Lipinski definition) is 2. The first-order chi connectivity index (χ1) is 8.69. The van der Waals surface area contributed by atoms with Crippen molar-refractivity contribution in [3.63, 3.8) is 0 Å². The fourth-order valence-corrected chi connectivity index (χ4v) is 1.78. The minimum absolute atomic E-state index is 0.0385. The lowest BCUT2D eigenvalue weighted by Crippen LogP contribution is -2.18. The van der Waals surface area contributed by atoms with Crippen LogP contribution >= 0.6 is 0 Å². The molecule has 0 spiro atoms. The van der Waals surface area contributed by atoms with Gasteiger partial charge >= 0.3 is 0 Å². The van der Waals surface area contributed by atoms with Crippen molar-refractivity contribution in [2.24, 2.45) is 5.73 Å². The molecule has 1 aromatic heterocycles. The number of aryl methyl sites for hydroxylation is 1. The summed E-state index contributed by atoms with van der Waals surface area (Å²) in [6.07, 6.45) is 3.75. The van der Waals surface area contributed by atoms with Gasteiger partial charge in [-0.3, -0.25) is 4.79 Å². The molecule has 0 aliphatic heterocycles. The van der Waals surface area contributed by atoms with Gasteiger partial charge in [0.2, 0.25) is 5.91 Å². The molecule has 0 unspecified atom stereocenters. The standard InChI is InChI=1S/C14H17N3O/c1-11-4-2-3-5-13(11)16-14(18)10-17-7-6-12(8-15)9-17/h2-7,9H,8,10,15H2,1H3,(H,16,18). The molecule has 0 aliphatic rings. The molecule has 1 heterocycles. The second-order valence-corrected chi connectivity index (χ2v) is 4.26. The van der Waals surface area contributed by atoms with Crippen molar-refractivity contribution >= 4 is 11.6 Å². The highest BCUT2D eigenvalue weighted by molar-refractivity contribution is 5.91. The van der Waals surface area contributed by atoms with E-state index in [1.165, 1.54) is 0 Å². The van der Waals surface area contributed by atoms with Gasteiger partial charge in [0.25, 0.3) is 0 Å². The summed E-state index contributed by atoms with van der Waals surface area (Å²) in [7, 11) is 0. The lowest BCUT2D eigenvalue weighted by Gasteiger charge is -2.08. The zero-order chi connectivity index (χ0) is 13.0. The van der Waals surface area contributed by atoms with Gasteiger partial charge in [-0.1, -0.05) is 18.2 Å². The fraction of sp³-hybridized carbons (Fsp3) is 0.214. The molecule has 1 aromatic carbocycles. The van der Waals surface area contributed by atoms with Crippen molar-refractivity contribution in [3.05, 3.63) is 53.9 Å². The second kappa shape index (κ2) is 5.51. The molecule has 0 radical (unpaired) electrons. The minimum Gasteiger partial charge on any atom is -0.345 e. The third-order valence-electron chi connectivity index (χ3n) is 2.79. The molecule has 3 N–H and O–H groups in total. The van der Waals surface area contributed by atoms with Crippen LogP contribution < -0.4 is 11.1 Å². The van der Waals surface area contributed by atoms with E-state index >= 15 is 0 Å². The predicted molar refractivity (Wildman–Crippen MR) is 72.1 cm³/mol. The van der Waals surface area contributed by atoms with E-state index in [1.807, 2.05) is 54.2 Å². The number of carbonyl (C=O) groups excluding carboxylic acids is 1. The Labute approximate surface area is 106 Å². The second-order valence-electron chi connectivity index (χ2n) is 4.26. The minimum atomic E-state index is -0.0385. The van der Waals surface area contributed by atoms with Crippen LogP contribution in [-0.4, -0.2) is 10.5 Å². The summed E-state index contributed by atoms with van der Waals surface area (Å²) in [5.74, 6) is -0.0385. The number of benzene rings is 1. The number of hydrogen-bond acceptors (Lipinski definition) is 2. The largest absolute Gasteiger partial charge is 0.345 e. The Bertz CT molecular complexity index is 545. The van der Waals surface area contributed by atoms with Gasteiger partial charge in [-0.05, 0) is 30.2 Å². The van der Waals surface area contributed by atoms with Crippen molar-refractivity contribution in [1.82, 2.24) is 4.57 Å². The zero-order valence-electron chi connectivity index (χ0n) is 10.4. The Morgan fingerprint density at radius 1 is 1.33 bits per heavy atom. The quantitative estimate of drug-likeness (QED) is 0.861. The normalized spacial score (nSPS) is 10.3. The van der Waals surface area contributed by atoms with Crippen LogP contribution in [0.5, 0.6) is 0 Å². The van der Waals surface area contributed by atoms with Gasteiger partial charge in [-0.15, -0.1) is 0 Å². The molecule has 0 fully saturated rings. The highest BCUT2D eigenvalue weighted by atomic mass is 16.1. The monoisotopic (exact) mass is 243 g/mol. The van der Waals surface area contributed by atoms with Gasteiger partial charge in [-0.25, -0.2) is 0 Å². The van der Waals surface area contributed by atoms with Crippen molar-refractivity contribution < 1.29 is 4.79 Å². The molecule has 4 nitrogen and oxygen atoms in total. The van der Waals surface area contributed by atoms with Crippen molar-refractivity contribution in [2.45, 2.75) is 20.0 Å². The van der Waals surface area contributed by atoms with Crippen LogP contribution in [0.1, 0.15) is 11.1 Å². The maximum atomic E-state index is 11.9. The molecule has 0 atom stereocenters. The Kier molecular flexibility index (Phi) is 3.79. The zero-order valence-corrected chi connectivity index (χ0v) is 10.4. The third kappa shape index (κ3) is 2.99. The maximum absolute atomic E-state index is 11.9. The predicted octanol–water partition coefficient (Wildman–Crippen LogP) is 1.89. The first kappa shape index (κ1) is 12.4. The summed E-state index contributed by atoms with van der Waals surface area (Å²) in [4.78, 5) is 11.9. The van der Waals surface area contributed by atoms with E-state index in [-0.39, 0.29) is 5.91 Å². The van der Waals surface area contributed by atoms with Crippen LogP contribution in [0, 0.1) is 6.92 Å². The highest BCUT2D eigenvalue weighted by Gasteiger charge is 2.05. The molecule has 4 heteroatoms. The molecular weight excluding hydrogens is 226 g/mol. The number of nitrogens with zero attached hydrogens (tertiary/aromatic N) is 1. The average molecular weight is 243 g/mol. The van der Waals surface area contributed by atoms with Gasteiger partial charge in [0, 0.05) is 24.6 Å². The summed E-state index contributed by atoms with van der Waals surface area (Å²) in [6.45, 7) is 2.76. The van der Waals surface area contributed by atoms with Crippen molar-refractivity contribution in [1.29, 1.82) is 0 Å². The number of rotatable bonds is 4. The van der Waals surface area contributed by atoms with Crippen LogP contribution in [-0.2, 0) is 17.9 Å². The maximum Gasteiger partial charge on any atom is 0.244 e. The van der Waals surface area contributed by atoms with Crippen LogP contribution in [0.3, 0.4) is 0 Å². The summed E-state index contributed by atoms with van der Waals surface area (Å²) in [5.41, 5.74) is 8.46. The Morgan fingerprint density at radius 3 is 2.78 bits per heavy atom. The van der Waals surface area contributed by atoms with Crippen molar-refractivity contribution in [2.75, 3.05) is 5.32 Å². The number of carbonyl (C=O) groups is 1. The van der Waals surface area contributed by atoms with Gasteiger partial charge in [0.1, 0.15) is 6.54 Å². The molecule has 0 saturated heterocycles. The van der Waals surface area contributed by atoms with E-state index < -0.39 is 0 Å². The fourth-order valence-electron chi connectivity index (χ4n) is 1.78. The molecule has 0 aliphatic carbocycles.